The minimum absolute atomic E-state index is 0.113. The van der Waals surface area contributed by atoms with Crippen LogP contribution >= 0.6 is 0 Å². The molecule has 2 N–H and O–H groups in total. The summed E-state index contributed by atoms with van der Waals surface area (Å²) in [5.74, 6) is -0.265. The number of fused-ring (bicyclic) bond motifs is 1. The highest BCUT2D eigenvalue weighted by molar-refractivity contribution is 7.92. The molecule has 110 valence electrons. The number of carbonyl (C=O) groups is 1. The summed E-state index contributed by atoms with van der Waals surface area (Å²) < 4.78 is 24.8. The van der Waals surface area contributed by atoms with E-state index in [1.54, 1.807) is 18.2 Å². The van der Waals surface area contributed by atoms with Crippen molar-refractivity contribution in [3.63, 3.8) is 0 Å². The van der Waals surface area contributed by atoms with E-state index in [4.69, 9.17) is 5.11 Å². The third-order valence-corrected chi connectivity index (χ3v) is 4.40. The van der Waals surface area contributed by atoms with Crippen molar-refractivity contribution in [2.75, 3.05) is 30.3 Å². The van der Waals surface area contributed by atoms with Crippen LogP contribution in [-0.2, 0) is 16.4 Å². The number of aliphatic hydroxyl groups is 1. The molecule has 0 bridgehead atoms. The number of benzene rings is 1. The van der Waals surface area contributed by atoms with Crippen LogP contribution in [0, 0.1) is 0 Å². The van der Waals surface area contributed by atoms with Crippen LogP contribution in [0.2, 0.25) is 0 Å². The molecule has 6 nitrogen and oxygen atoms in total. The molecule has 0 unspecified atom stereocenters. The quantitative estimate of drug-likeness (QED) is 0.826. The van der Waals surface area contributed by atoms with E-state index in [9.17, 15) is 13.2 Å². The van der Waals surface area contributed by atoms with E-state index in [-0.39, 0.29) is 19.1 Å². The number of sulfonamides is 1. The lowest BCUT2D eigenvalue weighted by atomic mass is 10.0. The van der Waals surface area contributed by atoms with E-state index >= 15 is 0 Å². The Morgan fingerprint density at radius 1 is 1.45 bits per heavy atom. The number of aliphatic hydroxyl groups excluding tert-OH is 1. The third-order valence-electron chi connectivity index (χ3n) is 3.22. The van der Waals surface area contributed by atoms with Crippen molar-refractivity contribution in [2.45, 2.75) is 12.8 Å². The summed E-state index contributed by atoms with van der Waals surface area (Å²) in [6.45, 7) is 0.561. The van der Waals surface area contributed by atoms with Gasteiger partial charge in [0.2, 0.25) is 10.0 Å². The Morgan fingerprint density at radius 2 is 2.20 bits per heavy atom. The van der Waals surface area contributed by atoms with Gasteiger partial charge in [-0.3, -0.25) is 9.10 Å². The highest BCUT2D eigenvalue weighted by atomic mass is 32.2. The minimum atomic E-state index is -3.29. The zero-order valence-corrected chi connectivity index (χ0v) is 12.1. The molecule has 0 spiro atoms. The van der Waals surface area contributed by atoms with Crippen LogP contribution in [0.1, 0.15) is 22.3 Å². The molecule has 0 saturated carbocycles. The van der Waals surface area contributed by atoms with Crippen molar-refractivity contribution >= 4 is 21.6 Å². The smallest absolute Gasteiger partial charge is 0.251 e. The molecular formula is C13H18N2O4S. The van der Waals surface area contributed by atoms with Crippen LogP contribution in [0.5, 0.6) is 0 Å². The second-order valence-electron chi connectivity index (χ2n) is 4.76. The topological polar surface area (TPSA) is 86.7 Å². The molecule has 2 rings (SSSR count). The zero-order chi connectivity index (χ0) is 14.8. The van der Waals surface area contributed by atoms with Gasteiger partial charge in [0.15, 0.2) is 0 Å². The van der Waals surface area contributed by atoms with E-state index in [0.29, 0.717) is 17.8 Å². The molecule has 0 aliphatic carbocycles. The number of rotatable bonds is 4. The normalized spacial score (nSPS) is 14.8. The van der Waals surface area contributed by atoms with Gasteiger partial charge in [-0.1, -0.05) is 0 Å². The van der Waals surface area contributed by atoms with E-state index in [1.807, 2.05) is 0 Å². The number of aryl methyl sites for hydroxylation is 1. The van der Waals surface area contributed by atoms with Crippen molar-refractivity contribution in [2.24, 2.45) is 0 Å². The predicted octanol–water partition coefficient (Wildman–Crippen LogP) is 0.121. The molecule has 1 aliphatic rings. The fraction of sp³-hybridized carbons (Fsp3) is 0.462. The number of anilines is 1. The van der Waals surface area contributed by atoms with Crippen molar-refractivity contribution in [3.05, 3.63) is 29.3 Å². The van der Waals surface area contributed by atoms with Crippen LogP contribution in [-0.4, -0.2) is 45.4 Å². The van der Waals surface area contributed by atoms with Crippen molar-refractivity contribution in [3.8, 4) is 0 Å². The molecule has 0 fully saturated rings. The molecule has 0 atom stereocenters. The monoisotopic (exact) mass is 298 g/mol. The van der Waals surface area contributed by atoms with Gasteiger partial charge in [0.1, 0.15) is 0 Å². The standard InChI is InChI=1S/C13H18N2O4S/c1-20(18,19)15-7-2-3-10-9-11(4-5-12(10)15)13(17)14-6-8-16/h4-5,9,16H,2-3,6-8H2,1H3,(H,14,17). The molecule has 0 radical (unpaired) electrons. The van der Waals surface area contributed by atoms with Gasteiger partial charge in [-0.05, 0) is 36.6 Å². The number of hydrogen-bond acceptors (Lipinski definition) is 4. The molecular weight excluding hydrogens is 280 g/mol. The minimum Gasteiger partial charge on any atom is -0.395 e. The van der Waals surface area contributed by atoms with E-state index in [0.717, 1.165) is 18.4 Å². The zero-order valence-electron chi connectivity index (χ0n) is 11.3. The van der Waals surface area contributed by atoms with Crippen molar-refractivity contribution in [1.29, 1.82) is 0 Å². The van der Waals surface area contributed by atoms with Crippen molar-refractivity contribution < 1.29 is 18.3 Å². The van der Waals surface area contributed by atoms with Crippen LogP contribution in [0.15, 0.2) is 18.2 Å². The Morgan fingerprint density at radius 3 is 2.85 bits per heavy atom. The second-order valence-corrected chi connectivity index (χ2v) is 6.67. The number of amides is 1. The maximum absolute atomic E-state index is 11.8. The predicted molar refractivity (Wildman–Crippen MR) is 76.4 cm³/mol. The number of carbonyl (C=O) groups excluding carboxylic acids is 1. The Labute approximate surface area is 118 Å². The van der Waals surface area contributed by atoms with Crippen molar-refractivity contribution in [1.82, 2.24) is 5.32 Å². The van der Waals surface area contributed by atoms with Gasteiger partial charge < -0.3 is 10.4 Å². The summed E-state index contributed by atoms with van der Waals surface area (Å²) in [6.07, 6.45) is 2.67. The lowest BCUT2D eigenvalue weighted by Gasteiger charge is -2.29. The molecule has 1 aromatic rings. The Balaban J connectivity index is 2.30. The highest BCUT2D eigenvalue weighted by Gasteiger charge is 2.24. The summed E-state index contributed by atoms with van der Waals surface area (Å²) in [4.78, 5) is 11.8. The third kappa shape index (κ3) is 3.10. The van der Waals surface area contributed by atoms with Gasteiger partial charge in [-0.15, -0.1) is 0 Å². The first-order valence-electron chi connectivity index (χ1n) is 6.43. The Hall–Kier alpha value is -1.60. The second kappa shape index (κ2) is 5.80. The van der Waals surface area contributed by atoms with Crippen LogP contribution < -0.4 is 9.62 Å². The fourth-order valence-corrected chi connectivity index (χ4v) is 3.32. The summed E-state index contributed by atoms with van der Waals surface area (Å²) in [5, 5.41) is 11.3. The number of nitrogens with zero attached hydrogens (tertiary/aromatic N) is 1. The van der Waals surface area contributed by atoms with Gasteiger partial charge in [-0.2, -0.15) is 0 Å². The molecule has 0 aromatic heterocycles. The lowest BCUT2D eigenvalue weighted by Crippen LogP contribution is -2.35. The summed E-state index contributed by atoms with van der Waals surface area (Å²) in [6, 6.07) is 5.00. The van der Waals surface area contributed by atoms with E-state index in [2.05, 4.69) is 5.32 Å². The van der Waals surface area contributed by atoms with Gasteiger partial charge in [-0.25, -0.2) is 8.42 Å². The first-order chi connectivity index (χ1) is 9.43. The van der Waals surface area contributed by atoms with Gasteiger partial charge in [0.25, 0.3) is 5.91 Å². The van der Waals surface area contributed by atoms with Crippen LogP contribution in [0.3, 0.4) is 0 Å². The summed E-state index contributed by atoms with van der Waals surface area (Å²) in [7, 11) is -3.29. The average molecular weight is 298 g/mol. The molecule has 1 aromatic carbocycles. The average Bonchev–Trinajstić information content (AvgIpc) is 2.42. The summed E-state index contributed by atoms with van der Waals surface area (Å²) in [5.41, 5.74) is 1.99. The first-order valence-corrected chi connectivity index (χ1v) is 8.28. The number of hydrogen-bond donors (Lipinski definition) is 2. The highest BCUT2D eigenvalue weighted by Crippen LogP contribution is 2.29. The molecule has 1 amide bonds. The molecule has 0 saturated heterocycles. The van der Waals surface area contributed by atoms with E-state index in [1.165, 1.54) is 10.6 Å². The van der Waals surface area contributed by atoms with Gasteiger partial charge in [0, 0.05) is 18.7 Å². The maximum atomic E-state index is 11.8. The first kappa shape index (κ1) is 14.8. The fourth-order valence-electron chi connectivity index (χ4n) is 2.32. The summed E-state index contributed by atoms with van der Waals surface area (Å²) >= 11 is 0. The van der Waals surface area contributed by atoms with Crippen LogP contribution in [0.25, 0.3) is 0 Å². The molecule has 20 heavy (non-hydrogen) atoms. The number of nitrogens with one attached hydrogen (secondary N) is 1. The Bertz CT molecular complexity index is 613. The molecule has 1 heterocycles. The van der Waals surface area contributed by atoms with Gasteiger partial charge >= 0.3 is 0 Å². The van der Waals surface area contributed by atoms with E-state index < -0.39 is 10.0 Å². The largest absolute Gasteiger partial charge is 0.395 e. The lowest BCUT2D eigenvalue weighted by molar-refractivity contribution is 0.0944. The maximum Gasteiger partial charge on any atom is 0.251 e. The van der Waals surface area contributed by atoms with Crippen LogP contribution in [0.4, 0.5) is 5.69 Å². The van der Waals surface area contributed by atoms with Gasteiger partial charge in [0.05, 0.1) is 18.6 Å². The molecule has 7 heteroatoms. The SMILES string of the molecule is CS(=O)(=O)N1CCCc2cc(C(=O)NCCO)ccc21. The Kier molecular flexibility index (Phi) is 4.29. The molecule has 1 aliphatic heterocycles.